The van der Waals surface area contributed by atoms with E-state index in [4.69, 9.17) is 27.9 Å². The highest BCUT2D eigenvalue weighted by atomic mass is 35.5. The van der Waals surface area contributed by atoms with E-state index in [1.807, 2.05) is 12.1 Å². The Morgan fingerprint density at radius 2 is 1.65 bits per heavy atom. The van der Waals surface area contributed by atoms with Crippen molar-refractivity contribution >= 4 is 29.1 Å². The van der Waals surface area contributed by atoms with E-state index < -0.39 is 17.7 Å². The Morgan fingerprint density at radius 1 is 0.971 bits per heavy atom. The Hall–Kier alpha value is -2.58. The molecule has 2 heterocycles. The minimum atomic E-state index is -0.640. The third kappa shape index (κ3) is 6.10. The smallest absolute Gasteiger partial charge is 0.255 e. The van der Waals surface area contributed by atoms with Gasteiger partial charge in [0.1, 0.15) is 16.8 Å². The van der Waals surface area contributed by atoms with E-state index >= 15 is 0 Å². The van der Waals surface area contributed by atoms with Gasteiger partial charge in [0.2, 0.25) is 0 Å². The molecule has 178 valence electrons. The summed E-state index contributed by atoms with van der Waals surface area (Å²) in [6, 6.07) is 14.2. The summed E-state index contributed by atoms with van der Waals surface area (Å²) >= 11 is 11.8. The monoisotopic (exact) mass is 505 g/mol. The van der Waals surface area contributed by atoms with Crippen LogP contribution in [0, 0.1) is 11.6 Å². The van der Waals surface area contributed by atoms with Gasteiger partial charge in [-0.05, 0) is 42.0 Å². The van der Waals surface area contributed by atoms with Crippen molar-refractivity contribution in [3.05, 3.63) is 99.3 Å². The fraction of sp³-hybridized carbons (Fsp3) is 0.280. The van der Waals surface area contributed by atoms with Crippen molar-refractivity contribution in [1.29, 1.82) is 0 Å². The Morgan fingerprint density at radius 3 is 2.26 bits per heavy atom. The molecule has 1 aliphatic heterocycles. The molecule has 3 aromatic rings. The number of rotatable bonds is 7. The minimum absolute atomic E-state index is 0.0932. The first-order valence-electron chi connectivity index (χ1n) is 10.8. The molecule has 2 aromatic carbocycles. The van der Waals surface area contributed by atoms with Crippen LogP contribution in [0.1, 0.15) is 27.6 Å². The molecule has 0 spiro atoms. The molecule has 0 N–H and O–H groups in total. The topological polar surface area (TPSA) is 45.7 Å². The highest BCUT2D eigenvalue weighted by Gasteiger charge is 2.25. The number of nitrogens with zero attached hydrogens (tertiary/aromatic N) is 3. The van der Waals surface area contributed by atoms with Gasteiger partial charge in [-0.15, -0.1) is 0 Å². The number of piperazine rings is 1. The van der Waals surface area contributed by atoms with Gasteiger partial charge in [0.05, 0.1) is 18.3 Å². The first kappa shape index (κ1) is 24.5. The molecule has 0 saturated carbocycles. The van der Waals surface area contributed by atoms with E-state index in [1.54, 1.807) is 29.2 Å². The van der Waals surface area contributed by atoms with Crippen LogP contribution >= 0.6 is 23.2 Å². The maximum absolute atomic E-state index is 14.1. The summed E-state index contributed by atoms with van der Waals surface area (Å²) in [6.07, 6.45) is 1.04. The summed E-state index contributed by atoms with van der Waals surface area (Å²) in [4.78, 5) is 20.6. The van der Waals surface area contributed by atoms with Gasteiger partial charge in [-0.25, -0.2) is 13.8 Å². The number of pyridine rings is 1. The third-order valence-electron chi connectivity index (χ3n) is 5.79. The number of carbonyl (C=O) groups is 1. The quantitative estimate of drug-likeness (QED) is 0.404. The summed E-state index contributed by atoms with van der Waals surface area (Å²) in [5.74, 6) is -1.37. The van der Waals surface area contributed by atoms with Gasteiger partial charge in [-0.1, -0.05) is 41.4 Å². The number of ether oxygens (including phenoxy) is 1. The SMILES string of the molecule is O=C(c1ccc(Cl)nc1)N1CCN(C[C@@H](OCc2c(F)cccc2F)c2ccc(Cl)cc2)CC1. The van der Waals surface area contributed by atoms with Crippen LogP contribution in [0.2, 0.25) is 10.2 Å². The molecule has 0 unspecified atom stereocenters. The van der Waals surface area contributed by atoms with Crippen molar-refractivity contribution in [3.8, 4) is 0 Å². The van der Waals surface area contributed by atoms with Crippen molar-refractivity contribution in [3.63, 3.8) is 0 Å². The lowest BCUT2D eigenvalue weighted by Gasteiger charge is -2.36. The molecule has 4 rings (SSSR count). The van der Waals surface area contributed by atoms with Crippen LogP contribution in [-0.4, -0.2) is 53.4 Å². The Balaban J connectivity index is 1.41. The molecular weight excluding hydrogens is 483 g/mol. The molecule has 9 heteroatoms. The van der Waals surface area contributed by atoms with E-state index in [2.05, 4.69) is 9.88 Å². The molecule has 1 amide bonds. The van der Waals surface area contributed by atoms with Gasteiger partial charge in [0.25, 0.3) is 5.91 Å². The highest BCUT2D eigenvalue weighted by Crippen LogP contribution is 2.25. The zero-order chi connectivity index (χ0) is 24.1. The third-order valence-corrected chi connectivity index (χ3v) is 6.27. The normalized spacial score (nSPS) is 15.4. The fourth-order valence-electron chi connectivity index (χ4n) is 3.84. The molecule has 1 saturated heterocycles. The van der Waals surface area contributed by atoms with Gasteiger partial charge in [-0.2, -0.15) is 0 Å². The molecule has 0 bridgehead atoms. The molecule has 0 radical (unpaired) electrons. The summed E-state index contributed by atoms with van der Waals surface area (Å²) in [5, 5.41) is 0.927. The van der Waals surface area contributed by atoms with Crippen molar-refractivity contribution in [2.45, 2.75) is 12.7 Å². The average molecular weight is 506 g/mol. The van der Waals surface area contributed by atoms with Gasteiger partial charge in [0, 0.05) is 49.5 Å². The van der Waals surface area contributed by atoms with E-state index in [-0.39, 0.29) is 18.1 Å². The van der Waals surface area contributed by atoms with Crippen molar-refractivity contribution < 1.29 is 18.3 Å². The van der Waals surface area contributed by atoms with Crippen LogP contribution in [0.5, 0.6) is 0 Å². The molecule has 1 atom stereocenters. The summed E-state index contributed by atoms with van der Waals surface area (Å²) < 4.78 is 34.2. The van der Waals surface area contributed by atoms with E-state index in [1.165, 1.54) is 24.4 Å². The number of aromatic nitrogens is 1. The zero-order valence-electron chi connectivity index (χ0n) is 18.3. The van der Waals surface area contributed by atoms with Crippen LogP contribution in [0.15, 0.2) is 60.8 Å². The fourth-order valence-corrected chi connectivity index (χ4v) is 4.08. The second-order valence-electron chi connectivity index (χ2n) is 8.01. The van der Waals surface area contributed by atoms with Gasteiger partial charge < -0.3 is 9.64 Å². The second-order valence-corrected chi connectivity index (χ2v) is 8.84. The average Bonchev–Trinajstić information content (AvgIpc) is 2.84. The number of benzene rings is 2. The molecule has 5 nitrogen and oxygen atoms in total. The lowest BCUT2D eigenvalue weighted by Crippen LogP contribution is -2.49. The highest BCUT2D eigenvalue weighted by molar-refractivity contribution is 6.30. The number of halogens is 4. The van der Waals surface area contributed by atoms with Crippen LogP contribution in [0.4, 0.5) is 8.78 Å². The van der Waals surface area contributed by atoms with Crippen LogP contribution in [-0.2, 0) is 11.3 Å². The lowest BCUT2D eigenvalue weighted by molar-refractivity contribution is 0.00144. The molecular formula is C25H23Cl2F2N3O2. The van der Waals surface area contributed by atoms with Crippen molar-refractivity contribution in [2.75, 3.05) is 32.7 Å². The van der Waals surface area contributed by atoms with Crippen LogP contribution < -0.4 is 0 Å². The summed E-state index contributed by atoms with van der Waals surface area (Å²) in [7, 11) is 0. The largest absolute Gasteiger partial charge is 0.367 e. The summed E-state index contributed by atoms with van der Waals surface area (Å²) in [6.45, 7) is 2.64. The number of amides is 1. The Bertz CT molecular complexity index is 1100. The molecule has 1 aliphatic rings. The van der Waals surface area contributed by atoms with Crippen LogP contribution in [0.25, 0.3) is 0 Å². The lowest BCUT2D eigenvalue weighted by atomic mass is 10.1. The van der Waals surface area contributed by atoms with Gasteiger partial charge >= 0.3 is 0 Å². The number of hydrogen-bond acceptors (Lipinski definition) is 4. The van der Waals surface area contributed by atoms with E-state index in [9.17, 15) is 13.6 Å². The van der Waals surface area contributed by atoms with Crippen molar-refractivity contribution in [2.24, 2.45) is 0 Å². The van der Waals surface area contributed by atoms with Crippen molar-refractivity contribution in [1.82, 2.24) is 14.8 Å². The maximum Gasteiger partial charge on any atom is 0.255 e. The Labute approximate surface area is 206 Å². The van der Waals surface area contributed by atoms with Gasteiger partial charge in [-0.3, -0.25) is 9.69 Å². The predicted molar refractivity (Wildman–Crippen MR) is 127 cm³/mol. The zero-order valence-corrected chi connectivity index (χ0v) is 19.8. The Kier molecular flexibility index (Phi) is 8.11. The first-order chi connectivity index (χ1) is 16.4. The second kappa shape index (κ2) is 11.2. The molecule has 34 heavy (non-hydrogen) atoms. The predicted octanol–water partition coefficient (Wildman–Crippen LogP) is 5.38. The maximum atomic E-state index is 14.1. The number of hydrogen-bond donors (Lipinski definition) is 0. The molecule has 1 aromatic heterocycles. The standard InChI is InChI=1S/C25H23Cl2F2N3O2/c26-19-7-4-17(5-8-19)23(34-16-20-21(28)2-1-3-22(20)29)15-31-10-12-32(13-11-31)25(33)18-6-9-24(27)30-14-18/h1-9,14,23H,10-13,15-16H2/t23-/m1/s1. The van der Waals surface area contributed by atoms with E-state index in [0.717, 1.165) is 5.56 Å². The molecule has 1 fully saturated rings. The first-order valence-corrected chi connectivity index (χ1v) is 11.6. The van der Waals surface area contributed by atoms with Crippen LogP contribution in [0.3, 0.4) is 0 Å². The molecule has 0 aliphatic carbocycles. The van der Waals surface area contributed by atoms with Gasteiger partial charge in [0.15, 0.2) is 0 Å². The van der Waals surface area contributed by atoms with E-state index in [0.29, 0.717) is 48.5 Å². The summed E-state index contributed by atoms with van der Waals surface area (Å²) in [5.41, 5.74) is 1.24. The number of carbonyl (C=O) groups excluding carboxylic acids is 1. The minimum Gasteiger partial charge on any atom is -0.367 e.